The van der Waals surface area contributed by atoms with E-state index in [2.05, 4.69) is 30.5 Å². The lowest BCUT2D eigenvalue weighted by Crippen LogP contribution is -2.61. The van der Waals surface area contributed by atoms with Gasteiger partial charge in [-0.2, -0.15) is 0 Å². The molecule has 0 aromatic carbocycles. The minimum atomic E-state index is -0.874. The van der Waals surface area contributed by atoms with E-state index >= 15 is 0 Å². The first-order valence-electron chi connectivity index (χ1n) is 12.1. The molecule has 0 amide bonds. The molecule has 0 saturated heterocycles. The van der Waals surface area contributed by atoms with Gasteiger partial charge in [0.2, 0.25) is 0 Å². The molecule has 3 aliphatic rings. The Morgan fingerprint density at radius 3 is 2.65 bits per heavy atom. The van der Waals surface area contributed by atoms with Crippen molar-refractivity contribution >= 4 is 5.97 Å². The van der Waals surface area contributed by atoms with Crippen LogP contribution in [0.3, 0.4) is 0 Å². The molecule has 2 aliphatic carbocycles. The third-order valence-electron chi connectivity index (χ3n) is 8.37. The standard InChI is InChI=1S/C24H29NO4.C3H6O2/c1-14-6-4-9-23(2)16(14)8-10-24(3)21(23)20(26)19-18(29-24)12-17(28-22(19)27)15-7-5-11-25-13-15;1-3(4)5-2/h5,7,11-14,16,20-21,26H,4,6,8-10H2,1-3H3;1-2H3. The number of rotatable bonds is 1. The van der Waals surface area contributed by atoms with Crippen LogP contribution in [0.2, 0.25) is 0 Å². The summed E-state index contributed by atoms with van der Waals surface area (Å²) in [5, 5.41) is 11.5. The summed E-state index contributed by atoms with van der Waals surface area (Å²) in [6.45, 7) is 8.12. The van der Waals surface area contributed by atoms with E-state index in [4.69, 9.17) is 9.15 Å². The van der Waals surface area contributed by atoms with Crippen molar-refractivity contribution in [2.24, 2.45) is 23.2 Å². The van der Waals surface area contributed by atoms with E-state index in [9.17, 15) is 14.7 Å². The van der Waals surface area contributed by atoms with Crippen LogP contribution in [0.1, 0.15) is 71.5 Å². The topological polar surface area (TPSA) is 98.9 Å². The summed E-state index contributed by atoms with van der Waals surface area (Å²) >= 11 is 0. The number of hydrogen-bond donors (Lipinski definition) is 1. The predicted octanol–water partition coefficient (Wildman–Crippen LogP) is 4.92. The molecule has 2 aromatic rings. The average molecular weight is 470 g/mol. The molecule has 0 spiro atoms. The fourth-order valence-corrected chi connectivity index (χ4v) is 6.85. The van der Waals surface area contributed by atoms with Crippen LogP contribution in [-0.4, -0.2) is 28.8 Å². The Bertz CT molecular complexity index is 1100. The number of hydrogen-bond acceptors (Lipinski definition) is 7. The van der Waals surface area contributed by atoms with Crippen LogP contribution in [0.5, 0.6) is 5.75 Å². The number of pyridine rings is 1. The van der Waals surface area contributed by atoms with Gasteiger partial charge in [-0.1, -0.05) is 26.7 Å². The molecule has 0 bridgehead atoms. The van der Waals surface area contributed by atoms with Gasteiger partial charge in [0, 0.05) is 36.9 Å². The Morgan fingerprint density at radius 2 is 2.00 bits per heavy atom. The molecule has 7 heteroatoms. The summed E-state index contributed by atoms with van der Waals surface area (Å²) in [5.41, 5.74) is -0.0504. The molecule has 0 radical (unpaired) electrons. The van der Waals surface area contributed by atoms with Crippen molar-refractivity contribution in [3.05, 3.63) is 46.6 Å². The first-order valence-corrected chi connectivity index (χ1v) is 12.1. The molecule has 184 valence electrons. The van der Waals surface area contributed by atoms with Gasteiger partial charge in [0.25, 0.3) is 0 Å². The number of nitrogens with zero attached hydrogens (tertiary/aromatic N) is 1. The number of fused-ring (bicyclic) bond motifs is 4. The molecule has 34 heavy (non-hydrogen) atoms. The van der Waals surface area contributed by atoms with E-state index in [1.165, 1.54) is 20.5 Å². The molecule has 5 rings (SSSR count). The second kappa shape index (κ2) is 9.17. The van der Waals surface area contributed by atoms with Gasteiger partial charge in [-0.25, -0.2) is 4.79 Å². The molecule has 2 saturated carbocycles. The molecule has 6 unspecified atom stereocenters. The maximum Gasteiger partial charge on any atom is 0.345 e. The molecular weight excluding hydrogens is 434 g/mol. The van der Waals surface area contributed by atoms with Crippen molar-refractivity contribution in [1.29, 1.82) is 0 Å². The first kappa shape index (κ1) is 24.5. The Balaban J connectivity index is 0.000000499. The van der Waals surface area contributed by atoms with E-state index in [-0.39, 0.29) is 22.9 Å². The van der Waals surface area contributed by atoms with Crippen LogP contribution in [0.4, 0.5) is 0 Å². The second-order valence-electron chi connectivity index (χ2n) is 10.5. The molecule has 2 aromatic heterocycles. The fraction of sp³-hybridized carbons (Fsp3) is 0.593. The Morgan fingerprint density at radius 1 is 1.26 bits per heavy atom. The van der Waals surface area contributed by atoms with Crippen LogP contribution in [-0.2, 0) is 9.53 Å². The Kier molecular flexibility index (Phi) is 6.60. The van der Waals surface area contributed by atoms with Crippen molar-refractivity contribution in [2.75, 3.05) is 7.11 Å². The summed E-state index contributed by atoms with van der Waals surface area (Å²) in [6.07, 6.45) is 7.92. The number of carbonyl (C=O) groups is 1. The SMILES string of the molecule is CC1CCCC2(C)C1CCC1(C)Oc3cc(-c4cccnc4)oc(=O)c3C(O)C12.COC(C)=O. The van der Waals surface area contributed by atoms with Gasteiger partial charge in [-0.3, -0.25) is 9.78 Å². The molecule has 6 atom stereocenters. The highest BCUT2D eigenvalue weighted by molar-refractivity contribution is 5.65. The van der Waals surface area contributed by atoms with Crippen molar-refractivity contribution in [2.45, 2.75) is 71.5 Å². The summed E-state index contributed by atoms with van der Waals surface area (Å²) < 4.78 is 16.3. The summed E-state index contributed by atoms with van der Waals surface area (Å²) in [7, 11) is 1.35. The Hall–Kier alpha value is -2.67. The van der Waals surface area contributed by atoms with Crippen LogP contribution in [0.15, 0.2) is 39.8 Å². The highest BCUT2D eigenvalue weighted by Crippen LogP contribution is 2.64. The summed E-state index contributed by atoms with van der Waals surface area (Å²) in [4.78, 5) is 26.6. The van der Waals surface area contributed by atoms with E-state index in [0.29, 0.717) is 23.3 Å². The molecule has 1 N–H and O–H groups in total. The quantitative estimate of drug-likeness (QED) is 0.592. The van der Waals surface area contributed by atoms with Gasteiger partial charge >= 0.3 is 11.6 Å². The minimum absolute atomic E-state index is 0.0454. The molecule has 3 heterocycles. The molecular formula is C27H35NO6. The number of aromatic nitrogens is 1. The predicted molar refractivity (Wildman–Crippen MR) is 127 cm³/mol. The molecule has 7 nitrogen and oxygen atoms in total. The van der Waals surface area contributed by atoms with Gasteiger partial charge in [0.05, 0.1) is 13.2 Å². The van der Waals surface area contributed by atoms with E-state index < -0.39 is 17.3 Å². The number of aliphatic hydroxyl groups excluding tert-OH is 1. The number of ether oxygens (including phenoxy) is 2. The highest BCUT2D eigenvalue weighted by Gasteiger charge is 2.62. The van der Waals surface area contributed by atoms with Gasteiger partial charge in [0.15, 0.2) is 0 Å². The minimum Gasteiger partial charge on any atom is -0.486 e. The zero-order valence-corrected chi connectivity index (χ0v) is 20.7. The number of carbonyl (C=O) groups excluding carboxylic acids is 1. The first-order chi connectivity index (χ1) is 16.1. The number of aliphatic hydroxyl groups is 1. The van der Waals surface area contributed by atoms with Crippen LogP contribution in [0, 0.1) is 23.2 Å². The van der Waals surface area contributed by atoms with E-state index in [1.54, 1.807) is 24.5 Å². The van der Waals surface area contributed by atoms with Gasteiger partial charge in [0.1, 0.15) is 22.7 Å². The third-order valence-corrected chi connectivity index (χ3v) is 8.37. The second-order valence-corrected chi connectivity index (χ2v) is 10.5. The summed E-state index contributed by atoms with van der Waals surface area (Å²) in [5.74, 6) is 1.70. The number of esters is 1. The smallest absolute Gasteiger partial charge is 0.345 e. The largest absolute Gasteiger partial charge is 0.486 e. The molecule has 1 aliphatic heterocycles. The lowest BCUT2D eigenvalue weighted by molar-refractivity contribution is -0.189. The van der Waals surface area contributed by atoms with Crippen LogP contribution < -0.4 is 10.4 Å². The van der Waals surface area contributed by atoms with Crippen molar-refractivity contribution < 1.29 is 23.8 Å². The van der Waals surface area contributed by atoms with Crippen molar-refractivity contribution in [3.8, 4) is 17.1 Å². The normalized spacial score (nSPS) is 33.7. The van der Waals surface area contributed by atoms with Gasteiger partial charge in [-0.05, 0) is 55.6 Å². The Labute approximate surface area is 200 Å². The van der Waals surface area contributed by atoms with Crippen LogP contribution >= 0.6 is 0 Å². The monoisotopic (exact) mass is 469 g/mol. The van der Waals surface area contributed by atoms with Gasteiger partial charge < -0.3 is 19.0 Å². The van der Waals surface area contributed by atoms with Crippen molar-refractivity contribution in [3.63, 3.8) is 0 Å². The highest BCUT2D eigenvalue weighted by atomic mass is 16.5. The molecule has 2 fully saturated rings. The van der Waals surface area contributed by atoms with E-state index in [0.717, 1.165) is 31.2 Å². The fourth-order valence-electron chi connectivity index (χ4n) is 6.85. The lowest BCUT2D eigenvalue weighted by atomic mass is 9.47. The van der Waals surface area contributed by atoms with E-state index in [1.807, 2.05) is 6.07 Å². The zero-order chi connectivity index (χ0) is 24.7. The number of methoxy groups -OCH3 is 1. The lowest BCUT2D eigenvalue weighted by Gasteiger charge is -2.61. The van der Waals surface area contributed by atoms with Gasteiger partial charge in [-0.15, -0.1) is 0 Å². The zero-order valence-electron chi connectivity index (χ0n) is 20.7. The van der Waals surface area contributed by atoms with Crippen molar-refractivity contribution in [1.82, 2.24) is 4.98 Å². The van der Waals surface area contributed by atoms with Crippen LogP contribution in [0.25, 0.3) is 11.3 Å². The maximum absolute atomic E-state index is 12.9. The third kappa shape index (κ3) is 4.15. The summed E-state index contributed by atoms with van der Waals surface area (Å²) in [6, 6.07) is 5.39. The average Bonchev–Trinajstić information content (AvgIpc) is 2.78. The maximum atomic E-state index is 12.9.